The van der Waals surface area contributed by atoms with Gasteiger partial charge in [-0.3, -0.25) is 5.84 Å². The van der Waals surface area contributed by atoms with Crippen molar-refractivity contribution in [3.63, 3.8) is 0 Å². The van der Waals surface area contributed by atoms with Crippen molar-refractivity contribution < 1.29 is 0 Å². The molecule has 2 aromatic rings. The number of nitrogens with one attached hydrogen (secondary N) is 1. The van der Waals surface area contributed by atoms with Crippen LogP contribution in [0.1, 0.15) is 59.0 Å². The number of rotatable bonds is 4. The normalized spacial score (nSPS) is 16.5. The molecule has 1 aliphatic carbocycles. The van der Waals surface area contributed by atoms with Gasteiger partial charge in [-0.2, -0.15) is 0 Å². The molecule has 0 amide bonds. The van der Waals surface area contributed by atoms with Gasteiger partial charge in [-0.05, 0) is 54.9 Å². The lowest BCUT2D eigenvalue weighted by Crippen LogP contribution is -2.29. The van der Waals surface area contributed by atoms with Gasteiger partial charge >= 0.3 is 0 Å². The molecule has 0 saturated heterocycles. The molecule has 2 heteroatoms. The van der Waals surface area contributed by atoms with Crippen LogP contribution in [0, 0.1) is 13.8 Å². The average Bonchev–Trinajstić information content (AvgIpc) is 2.42. The van der Waals surface area contributed by atoms with Crippen molar-refractivity contribution in [1.82, 2.24) is 5.43 Å². The number of aryl methyl sites for hydroxylation is 2. The maximum atomic E-state index is 5.83. The van der Waals surface area contributed by atoms with E-state index in [1.807, 2.05) is 0 Å². The summed E-state index contributed by atoms with van der Waals surface area (Å²) < 4.78 is 0. The van der Waals surface area contributed by atoms with Crippen molar-refractivity contribution >= 4 is 0 Å². The highest BCUT2D eigenvalue weighted by atomic mass is 15.2. The summed E-state index contributed by atoms with van der Waals surface area (Å²) in [5, 5.41) is 0. The molecule has 0 aromatic heterocycles. The molecule has 0 aliphatic heterocycles. The molecule has 2 nitrogen and oxygen atoms in total. The number of nitrogens with two attached hydrogens (primary N) is 1. The van der Waals surface area contributed by atoms with Crippen LogP contribution in [0.4, 0.5) is 0 Å². The second-order valence-corrected chi connectivity index (χ2v) is 6.25. The Labute approximate surface area is 127 Å². The standard InChI is InChI=1S/C19H24N2/c1-13-6-11-18(14(2)12-13)19(21-20)17-9-7-16(8-10-17)15-4-3-5-15/h6-12,15,19,21H,3-5,20H2,1-2H3. The molecule has 21 heavy (non-hydrogen) atoms. The molecule has 2 aromatic carbocycles. The smallest absolute Gasteiger partial charge is 0.0712 e. The molecular weight excluding hydrogens is 256 g/mol. The highest BCUT2D eigenvalue weighted by Crippen LogP contribution is 2.37. The molecule has 3 rings (SSSR count). The van der Waals surface area contributed by atoms with Gasteiger partial charge in [0.25, 0.3) is 0 Å². The van der Waals surface area contributed by atoms with Gasteiger partial charge in [0.1, 0.15) is 0 Å². The third-order valence-electron chi connectivity index (χ3n) is 4.75. The van der Waals surface area contributed by atoms with Crippen molar-refractivity contribution in [2.75, 3.05) is 0 Å². The molecule has 1 atom stereocenters. The van der Waals surface area contributed by atoms with Crippen molar-refractivity contribution in [2.24, 2.45) is 5.84 Å². The first kappa shape index (κ1) is 14.3. The molecule has 1 fully saturated rings. The molecule has 3 N–H and O–H groups in total. The van der Waals surface area contributed by atoms with Gasteiger partial charge in [0.15, 0.2) is 0 Å². The maximum Gasteiger partial charge on any atom is 0.0712 e. The van der Waals surface area contributed by atoms with E-state index in [-0.39, 0.29) is 6.04 Å². The van der Waals surface area contributed by atoms with Crippen LogP contribution in [0.2, 0.25) is 0 Å². The Balaban J connectivity index is 1.88. The highest BCUT2D eigenvalue weighted by molar-refractivity contribution is 5.40. The number of hydrogen-bond acceptors (Lipinski definition) is 2. The fourth-order valence-electron chi connectivity index (χ4n) is 3.22. The first-order chi connectivity index (χ1) is 10.2. The van der Waals surface area contributed by atoms with E-state index in [4.69, 9.17) is 5.84 Å². The monoisotopic (exact) mass is 280 g/mol. The zero-order valence-corrected chi connectivity index (χ0v) is 12.9. The van der Waals surface area contributed by atoms with Crippen molar-refractivity contribution in [3.8, 4) is 0 Å². The number of hydrogen-bond donors (Lipinski definition) is 2. The maximum absolute atomic E-state index is 5.83. The average molecular weight is 280 g/mol. The number of hydrazine groups is 1. The van der Waals surface area contributed by atoms with E-state index in [2.05, 4.69) is 61.7 Å². The van der Waals surface area contributed by atoms with E-state index in [0.717, 1.165) is 5.92 Å². The van der Waals surface area contributed by atoms with Crippen LogP contribution in [0.15, 0.2) is 42.5 Å². The Hall–Kier alpha value is -1.64. The van der Waals surface area contributed by atoms with Gasteiger partial charge in [0.2, 0.25) is 0 Å². The van der Waals surface area contributed by atoms with Gasteiger partial charge in [0.05, 0.1) is 6.04 Å². The summed E-state index contributed by atoms with van der Waals surface area (Å²) in [5.74, 6) is 6.61. The topological polar surface area (TPSA) is 38.0 Å². The van der Waals surface area contributed by atoms with Gasteiger partial charge in [-0.25, -0.2) is 5.43 Å². The molecule has 1 unspecified atom stereocenters. The summed E-state index contributed by atoms with van der Waals surface area (Å²) in [7, 11) is 0. The quantitative estimate of drug-likeness (QED) is 0.653. The van der Waals surface area contributed by atoms with Gasteiger partial charge in [-0.15, -0.1) is 0 Å². The van der Waals surface area contributed by atoms with Gasteiger partial charge < -0.3 is 0 Å². The van der Waals surface area contributed by atoms with Crippen LogP contribution >= 0.6 is 0 Å². The van der Waals surface area contributed by atoms with E-state index >= 15 is 0 Å². The van der Waals surface area contributed by atoms with Crippen molar-refractivity contribution in [1.29, 1.82) is 0 Å². The predicted octanol–water partition coefficient (Wildman–Crippen LogP) is 4.12. The molecule has 1 aliphatic rings. The fourth-order valence-corrected chi connectivity index (χ4v) is 3.22. The van der Waals surface area contributed by atoms with Gasteiger partial charge in [0, 0.05) is 0 Å². The molecule has 0 heterocycles. The summed E-state index contributed by atoms with van der Waals surface area (Å²) in [6, 6.07) is 15.6. The minimum Gasteiger partial charge on any atom is -0.271 e. The molecule has 0 bridgehead atoms. The Morgan fingerprint density at radius 1 is 1.05 bits per heavy atom. The minimum atomic E-state index is 0.0565. The molecular formula is C19H24N2. The van der Waals surface area contributed by atoms with E-state index in [9.17, 15) is 0 Å². The lowest BCUT2D eigenvalue weighted by molar-refractivity contribution is 0.419. The Morgan fingerprint density at radius 2 is 1.76 bits per heavy atom. The summed E-state index contributed by atoms with van der Waals surface area (Å²) in [6.45, 7) is 4.27. The largest absolute Gasteiger partial charge is 0.271 e. The van der Waals surface area contributed by atoms with Crippen LogP contribution in [-0.2, 0) is 0 Å². The van der Waals surface area contributed by atoms with Crippen LogP contribution in [0.25, 0.3) is 0 Å². The molecule has 110 valence electrons. The third-order valence-corrected chi connectivity index (χ3v) is 4.75. The third kappa shape index (κ3) is 2.87. The Kier molecular flexibility index (Phi) is 4.09. The van der Waals surface area contributed by atoms with E-state index < -0.39 is 0 Å². The molecule has 0 radical (unpaired) electrons. The molecule has 0 spiro atoms. The summed E-state index contributed by atoms with van der Waals surface area (Å²) in [5.41, 5.74) is 9.49. The predicted molar refractivity (Wildman–Crippen MR) is 88.1 cm³/mol. The number of benzene rings is 2. The zero-order valence-electron chi connectivity index (χ0n) is 12.9. The van der Waals surface area contributed by atoms with Crippen LogP contribution in [-0.4, -0.2) is 0 Å². The van der Waals surface area contributed by atoms with Crippen LogP contribution < -0.4 is 11.3 Å². The van der Waals surface area contributed by atoms with E-state index in [1.54, 1.807) is 0 Å². The Morgan fingerprint density at radius 3 is 2.29 bits per heavy atom. The lowest BCUT2D eigenvalue weighted by Gasteiger charge is -2.26. The van der Waals surface area contributed by atoms with Crippen LogP contribution in [0.5, 0.6) is 0 Å². The van der Waals surface area contributed by atoms with E-state index in [0.29, 0.717) is 0 Å². The first-order valence-electron chi connectivity index (χ1n) is 7.82. The highest BCUT2D eigenvalue weighted by Gasteiger charge is 2.20. The second kappa shape index (κ2) is 6.00. The first-order valence-corrected chi connectivity index (χ1v) is 7.82. The van der Waals surface area contributed by atoms with E-state index in [1.165, 1.54) is 47.1 Å². The second-order valence-electron chi connectivity index (χ2n) is 6.25. The summed E-state index contributed by atoms with van der Waals surface area (Å²) in [4.78, 5) is 0. The zero-order chi connectivity index (χ0) is 14.8. The van der Waals surface area contributed by atoms with Gasteiger partial charge in [-0.1, -0.05) is 54.4 Å². The molecule has 1 saturated carbocycles. The fraction of sp³-hybridized carbons (Fsp3) is 0.368. The lowest BCUT2D eigenvalue weighted by atomic mass is 9.79. The minimum absolute atomic E-state index is 0.0565. The SMILES string of the molecule is Cc1ccc(C(NN)c2ccc(C3CCC3)cc2)c(C)c1. The summed E-state index contributed by atoms with van der Waals surface area (Å²) >= 11 is 0. The van der Waals surface area contributed by atoms with Crippen LogP contribution in [0.3, 0.4) is 0 Å². The van der Waals surface area contributed by atoms with Crippen molar-refractivity contribution in [2.45, 2.75) is 45.1 Å². The Bertz CT molecular complexity index is 612. The van der Waals surface area contributed by atoms with Crippen molar-refractivity contribution in [3.05, 3.63) is 70.3 Å². The summed E-state index contributed by atoms with van der Waals surface area (Å²) in [6.07, 6.45) is 4.06.